The van der Waals surface area contributed by atoms with Crippen LogP contribution in [0.2, 0.25) is 0 Å². The van der Waals surface area contributed by atoms with E-state index in [1.165, 1.54) is 0 Å². The van der Waals surface area contributed by atoms with Crippen LogP contribution in [0.15, 0.2) is 11.1 Å². The lowest BCUT2D eigenvalue weighted by Gasteiger charge is -2.07. The summed E-state index contributed by atoms with van der Waals surface area (Å²) in [6, 6.07) is 1.93. The normalized spacial score (nSPS) is 10.4. The number of thioether (sulfide) groups is 1. The Balaban J connectivity index is 2.80. The minimum Gasteiger partial charge on any atom is -0.396 e. The molecule has 16 heavy (non-hydrogen) atoms. The molecule has 1 rings (SSSR count). The minimum atomic E-state index is 0.175. The van der Waals surface area contributed by atoms with Crippen molar-refractivity contribution in [1.82, 2.24) is 9.97 Å². The molecule has 0 unspecified atom stereocenters. The molecule has 1 heterocycles. The summed E-state index contributed by atoms with van der Waals surface area (Å²) in [6.45, 7) is 5.19. The van der Waals surface area contributed by atoms with Gasteiger partial charge in [0.05, 0.1) is 6.61 Å². The van der Waals surface area contributed by atoms with Gasteiger partial charge in [0.1, 0.15) is 16.7 Å². The number of aliphatic hydroxyl groups is 1. The standard InChI is InChI=1S/C11H19N3OS/c1-3-5-9-13-10(12-4-2)8-11(14-9)16-7-6-15/h8,15H,3-7H2,1-2H3,(H,12,13,14). The SMILES string of the molecule is CCCc1nc(NCC)cc(SCCO)n1. The summed E-state index contributed by atoms with van der Waals surface area (Å²) < 4.78 is 0. The van der Waals surface area contributed by atoms with Gasteiger partial charge in [-0.1, -0.05) is 6.92 Å². The monoisotopic (exact) mass is 241 g/mol. The van der Waals surface area contributed by atoms with E-state index < -0.39 is 0 Å². The van der Waals surface area contributed by atoms with E-state index in [0.717, 1.165) is 36.1 Å². The van der Waals surface area contributed by atoms with Crippen molar-refractivity contribution in [2.75, 3.05) is 24.2 Å². The maximum Gasteiger partial charge on any atom is 0.132 e. The van der Waals surface area contributed by atoms with Gasteiger partial charge in [0.25, 0.3) is 0 Å². The summed E-state index contributed by atoms with van der Waals surface area (Å²) in [6.07, 6.45) is 1.94. The lowest BCUT2D eigenvalue weighted by molar-refractivity contribution is 0.322. The third-order valence-corrected chi connectivity index (χ3v) is 2.81. The molecule has 0 aliphatic heterocycles. The molecule has 0 aliphatic carbocycles. The Bertz CT molecular complexity index is 296. The Labute approximate surface area is 101 Å². The Morgan fingerprint density at radius 2 is 2.19 bits per heavy atom. The van der Waals surface area contributed by atoms with Gasteiger partial charge in [-0.15, -0.1) is 11.8 Å². The molecule has 4 nitrogen and oxygen atoms in total. The fourth-order valence-corrected chi connectivity index (χ4v) is 1.97. The number of rotatable bonds is 7. The molecule has 0 atom stereocenters. The van der Waals surface area contributed by atoms with E-state index in [1.54, 1.807) is 11.8 Å². The van der Waals surface area contributed by atoms with E-state index >= 15 is 0 Å². The number of anilines is 1. The average Bonchev–Trinajstić information content (AvgIpc) is 2.27. The Morgan fingerprint density at radius 3 is 2.81 bits per heavy atom. The summed E-state index contributed by atoms with van der Waals surface area (Å²) in [7, 11) is 0. The van der Waals surface area contributed by atoms with Crippen LogP contribution < -0.4 is 5.32 Å². The maximum atomic E-state index is 8.79. The quantitative estimate of drug-likeness (QED) is 0.564. The number of nitrogens with zero attached hydrogens (tertiary/aromatic N) is 2. The molecular weight excluding hydrogens is 222 g/mol. The smallest absolute Gasteiger partial charge is 0.132 e. The Morgan fingerprint density at radius 1 is 1.38 bits per heavy atom. The van der Waals surface area contributed by atoms with Crippen LogP contribution in [0, 0.1) is 0 Å². The van der Waals surface area contributed by atoms with Gasteiger partial charge in [0, 0.05) is 24.8 Å². The molecule has 0 spiro atoms. The van der Waals surface area contributed by atoms with Gasteiger partial charge in [-0.2, -0.15) is 0 Å². The van der Waals surface area contributed by atoms with Crippen LogP contribution in [0.5, 0.6) is 0 Å². The second-order valence-electron chi connectivity index (χ2n) is 3.36. The second kappa shape index (κ2) is 7.46. The van der Waals surface area contributed by atoms with Gasteiger partial charge in [0.15, 0.2) is 0 Å². The molecule has 0 amide bonds. The summed E-state index contributed by atoms with van der Waals surface area (Å²) in [5.41, 5.74) is 0. The predicted molar refractivity (Wildman–Crippen MR) is 68.0 cm³/mol. The van der Waals surface area contributed by atoms with Crippen molar-refractivity contribution in [3.63, 3.8) is 0 Å². The van der Waals surface area contributed by atoms with E-state index in [9.17, 15) is 0 Å². The molecule has 1 aromatic rings. The number of hydrogen-bond donors (Lipinski definition) is 2. The topological polar surface area (TPSA) is 58.0 Å². The summed E-state index contributed by atoms with van der Waals surface area (Å²) in [5, 5.41) is 12.9. The zero-order valence-corrected chi connectivity index (χ0v) is 10.7. The zero-order valence-electron chi connectivity index (χ0n) is 9.86. The van der Waals surface area contributed by atoms with Crippen molar-refractivity contribution in [2.24, 2.45) is 0 Å². The maximum absolute atomic E-state index is 8.79. The van der Waals surface area contributed by atoms with E-state index in [1.807, 2.05) is 13.0 Å². The first kappa shape index (κ1) is 13.3. The van der Waals surface area contributed by atoms with Crippen molar-refractivity contribution in [3.05, 3.63) is 11.9 Å². The summed E-state index contributed by atoms with van der Waals surface area (Å²) >= 11 is 1.56. The number of aryl methyl sites for hydroxylation is 1. The largest absolute Gasteiger partial charge is 0.396 e. The van der Waals surface area contributed by atoms with Gasteiger partial charge in [-0.3, -0.25) is 0 Å². The molecule has 0 bridgehead atoms. The summed E-state index contributed by atoms with van der Waals surface area (Å²) in [5.74, 6) is 2.43. The third kappa shape index (κ3) is 4.37. The van der Waals surface area contributed by atoms with Crippen LogP contribution in [-0.2, 0) is 6.42 Å². The highest BCUT2D eigenvalue weighted by atomic mass is 32.2. The van der Waals surface area contributed by atoms with E-state index in [0.29, 0.717) is 5.75 Å². The van der Waals surface area contributed by atoms with Crippen LogP contribution in [-0.4, -0.2) is 34.0 Å². The fraction of sp³-hybridized carbons (Fsp3) is 0.636. The van der Waals surface area contributed by atoms with Gasteiger partial charge >= 0.3 is 0 Å². The number of aromatic nitrogens is 2. The number of hydrogen-bond acceptors (Lipinski definition) is 5. The van der Waals surface area contributed by atoms with Gasteiger partial charge in [-0.05, 0) is 13.3 Å². The van der Waals surface area contributed by atoms with Crippen LogP contribution in [0.3, 0.4) is 0 Å². The average molecular weight is 241 g/mol. The minimum absolute atomic E-state index is 0.175. The van der Waals surface area contributed by atoms with Gasteiger partial charge < -0.3 is 10.4 Å². The van der Waals surface area contributed by atoms with Crippen LogP contribution in [0.25, 0.3) is 0 Å². The molecule has 1 aromatic heterocycles. The molecule has 5 heteroatoms. The van der Waals surface area contributed by atoms with Crippen molar-refractivity contribution >= 4 is 17.6 Å². The lowest BCUT2D eigenvalue weighted by atomic mass is 10.3. The van der Waals surface area contributed by atoms with Crippen LogP contribution >= 0.6 is 11.8 Å². The molecular formula is C11H19N3OS. The van der Waals surface area contributed by atoms with Crippen LogP contribution in [0.1, 0.15) is 26.1 Å². The molecule has 2 N–H and O–H groups in total. The van der Waals surface area contributed by atoms with Gasteiger partial charge in [0.2, 0.25) is 0 Å². The summed E-state index contributed by atoms with van der Waals surface area (Å²) in [4.78, 5) is 8.87. The van der Waals surface area contributed by atoms with Gasteiger partial charge in [-0.25, -0.2) is 9.97 Å². The number of aliphatic hydroxyl groups excluding tert-OH is 1. The molecule has 0 radical (unpaired) electrons. The first-order valence-corrected chi connectivity index (χ1v) is 6.64. The van der Waals surface area contributed by atoms with E-state index in [-0.39, 0.29) is 6.61 Å². The highest BCUT2D eigenvalue weighted by Gasteiger charge is 2.04. The highest BCUT2D eigenvalue weighted by molar-refractivity contribution is 7.99. The molecule has 0 saturated heterocycles. The molecule has 0 fully saturated rings. The Hall–Kier alpha value is -0.810. The van der Waals surface area contributed by atoms with Crippen molar-refractivity contribution in [2.45, 2.75) is 31.7 Å². The first-order chi connectivity index (χ1) is 7.80. The zero-order chi connectivity index (χ0) is 11.8. The first-order valence-electron chi connectivity index (χ1n) is 5.65. The predicted octanol–water partition coefficient (Wildman–Crippen LogP) is 1.95. The molecule has 0 saturated carbocycles. The lowest BCUT2D eigenvalue weighted by Crippen LogP contribution is -2.04. The van der Waals surface area contributed by atoms with Crippen molar-refractivity contribution in [1.29, 1.82) is 0 Å². The fourth-order valence-electron chi connectivity index (χ4n) is 1.30. The molecule has 0 aliphatic rings. The molecule has 0 aromatic carbocycles. The second-order valence-corrected chi connectivity index (χ2v) is 4.48. The number of nitrogens with one attached hydrogen (secondary N) is 1. The van der Waals surface area contributed by atoms with Crippen molar-refractivity contribution in [3.8, 4) is 0 Å². The van der Waals surface area contributed by atoms with Crippen molar-refractivity contribution < 1.29 is 5.11 Å². The van der Waals surface area contributed by atoms with Crippen LogP contribution in [0.4, 0.5) is 5.82 Å². The van der Waals surface area contributed by atoms with E-state index in [2.05, 4.69) is 22.2 Å². The third-order valence-electron chi connectivity index (χ3n) is 1.92. The van der Waals surface area contributed by atoms with E-state index in [4.69, 9.17) is 5.11 Å². The molecule has 90 valence electrons. The highest BCUT2D eigenvalue weighted by Crippen LogP contribution is 2.18. The Kier molecular flexibility index (Phi) is 6.18.